The van der Waals surface area contributed by atoms with E-state index in [1.54, 1.807) is 7.05 Å². The van der Waals surface area contributed by atoms with Crippen LogP contribution in [-0.2, 0) is 17.1 Å². The first kappa shape index (κ1) is 16.5. The molecule has 120 valence electrons. The second-order valence-electron chi connectivity index (χ2n) is 5.84. The molecule has 1 saturated heterocycles. The van der Waals surface area contributed by atoms with Gasteiger partial charge in [-0.15, -0.1) is 0 Å². The van der Waals surface area contributed by atoms with Crippen LogP contribution in [0.1, 0.15) is 39.0 Å². The lowest BCUT2D eigenvalue weighted by Crippen LogP contribution is -2.38. The number of aryl methyl sites for hydroxylation is 1. The number of unbranched alkanes of at least 4 members (excludes halogenated alkanes) is 1. The highest BCUT2D eigenvalue weighted by Crippen LogP contribution is 2.16. The van der Waals surface area contributed by atoms with Gasteiger partial charge in [-0.05, 0) is 45.7 Å². The van der Waals surface area contributed by atoms with Gasteiger partial charge >= 0.3 is 0 Å². The number of likely N-dealkylation sites (tertiary alicyclic amines) is 1. The van der Waals surface area contributed by atoms with Gasteiger partial charge in [-0.1, -0.05) is 6.42 Å². The Morgan fingerprint density at radius 3 is 2.86 bits per heavy atom. The van der Waals surface area contributed by atoms with Crippen LogP contribution in [0.5, 0.6) is 0 Å². The number of nitrogens with one attached hydrogen (secondary N) is 1. The van der Waals surface area contributed by atoms with Crippen molar-refractivity contribution in [2.45, 2.75) is 50.0 Å². The molecule has 0 aliphatic carbocycles. The second-order valence-corrected chi connectivity index (χ2v) is 7.60. The van der Waals surface area contributed by atoms with Crippen LogP contribution < -0.4 is 4.72 Å². The molecule has 1 aromatic heterocycles. The molecule has 0 bridgehead atoms. The van der Waals surface area contributed by atoms with Crippen molar-refractivity contribution in [3.8, 4) is 0 Å². The fourth-order valence-electron chi connectivity index (χ4n) is 2.76. The van der Waals surface area contributed by atoms with Crippen LogP contribution in [0.25, 0.3) is 0 Å². The molecule has 0 unspecified atom stereocenters. The standard InChI is InChI=1S/C14H26N4O2S/c1-13-7-3-5-9-18(13)10-6-4-8-16-21(19,20)14-11-15-17(2)12-14/h11-13,16H,3-10H2,1-2H3/t13-/m1/s1. The van der Waals surface area contributed by atoms with Crippen molar-refractivity contribution in [1.82, 2.24) is 19.4 Å². The average Bonchev–Trinajstić information content (AvgIpc) is 2.88. The third kappa shape index (κ3) is 4.79. The van der Waals surface area contributed by atoms with Crippen molar-refractivity contribution in [2.24, 2.45) is 7.05 Å². The van der Waals surface area contributed by atoms with E-state index in [0.717, 1.165) is 19.4 Å². The molecule has 21 heavy (non-hydrogen) atoms. The molecule has 0 radical (unpaired) electrons. The number of rotatable bonds is 7. The zero-order valence-electron chi connectivity index (χ0n) is 13.0. The van der Waals surface area contributed by atoms with E-state index in [1.165, 1.54) is 42.9 Å². The summed E-state index contributed by atoms with van der Waals surface area (Å²) in [5, 5.41) is 3.89. The van der Waals surface area contributed by atoms with Crippen LogP contribution in [0.15, 0.2) is 17.3 Å². The van der Waals surface area contributed by atoms with E-state index >= 15 is 0 Å². The summed E-state index contributed by atoms with van der Waals surface area (Å²) in [7, 11) is -1.70. The molecule has 1 aromatic rings. The monoisotopic (exact) mass is 314 g/mol. The molecule has 2 rings (SSSR count). The first-order valence-corrected chi connectivity index (χ1v) is 9.20. The minimum Gasteiger partial charge on any atom is -0.301 e. The summed E-state index contributed by atoms with van der Waals surface area (Å²) in [6.07, 6.45) is 8.69. The SMILES string of the molecule is C[C@@H]1CCCCN1CCCCNS(=O)(=O)c1cnn(C)c1. The van der Waals surface area contributed by atoms with E-state index in [1.807, 2.05) is 0 Å². The predicted octanol–water partition coefficient (Wildman–Crippen LogP) is 1.35. The zero-order valence-corrected chi connectivity index (χ0v) is 13.8. The Hall–Kier alpha value is -0.920. The molecule has 0 aromatic carbocycles. The van der Waals surface area contributed by atoms with Gasteiger partial charge in [-0.25, -0.2) is 13.1 Å². The van der Waals surface area contributed by atoms with Gasteiger partial charge in [0.1, 0.15) is 4.90 Å². The summed E-state index contributed by atoms with van der Waals surface area (Å²) in [6, 6.07) is 0.672. The van der Waals surface area contributed by atoms with Gasteiger partial charge in [0, 0.05) is 25.8 Å². The number of aromatic nitrogens is 2. The average molecular weight is 314 g/mol. The van der Waals surface area contributed by atoms with E-state index in [0.29, 0.717) is 12.6 Å². The highest BCUT2D eigenvalue weighted by atomic mass is 32.2. The lowest BCUT2D eigenvalue weighted by molar-refractivity contribution is 0.158. The molecule has 1 atom stereocenters. The Morgan fingerprint density at radius 2 is 2.19 bits per heavy atom. The smallest absolute Gasteiger partial charge is 0.243 e. The van der Waals surface area contributed by atoms with Crippen molar-refractivity contribution in [3.05, 3.63) is 12.4 Å². The van der Waals surface area contributed by atoms with Crippen LogP contribution in [0.4, 0.5) is 0 Å². The maximum Gasteiger partial charge on any atom is 0.243 e. The molecule has 2 heterocycles. The molecule has 1 fully saturated rings. The first-order chi connectivity index (χ1) is 9.99. The van der Waals surface area contributed by atoms with Crippen LogP contribution in [0, 0.1) is 0 Å². The summed E-state index contributed by atoms with van der Waals surface area (Å²) in [6.45, 7) is 5.02. The second kappa shape index (κ2) is 7.38. The molecule has 1 N–H and O–H groups in total. The van der Waals surface area contributed by atoms with Crippen molar-refractivity contribution in [1.29, 1.82) is 0 Å². The number of hydrogen-bond acceptors (Lipinski definition) is 4. The Bertz CT molecular complexity index is 541. The van der Waals surface area contributed by atoms with Crippen LogP contribution in [-0.4, -0.2) is 48.8 Å². The highest BCUT2D eigenvalue weighted by Gasteiger charge is 2.18. The minimum absolute atomic E-state index is 0.231. The third-order valence-electron chi connectivity index (χ3n) is 4.10. The van der Waals surface area contributed by atoms with E-state index in [4.69, 9.17) is 0 Å². The largest absolute Gasteiger partial charge is 0.301 e. The lowest BCUT2D eigenvalue weighted by Gasteiger charge is -2.33. The fourth-order valence-corrected chi connectivity index (χ4v) is 3.81. The Labute approximate surface area is 127 Å². The zero-order chi connectivity index (χ0) is 15.3. The Balaban J connectivity index is 1.67. The molecule has 6 nitrogen and oxygen atoms in total. The lowest BCUT2D eigenvalue weighted by atomic mass is 10.0. The number of nitrogens with zero attached hydrogens (tertiary/aromatic N) is 3. The number of sulfonamides is 1. The van der Waals surface area contributed by atoms with E-state index in [-0.39, 0.29) is 4.90 Å². The quantitative estimate of drug-likeness (QED) is 0.772. The molecular formula is C14H26N4O2S. The minimum atomic E-state index is -3.40. The Kier molecular flexibility index (Phi) is 5.78. The van der Waals surface area contributed by atoms with Crippen LogP contribution in [0.3, 0.4) is 0 Å². The summed E-state index contributed by atoms with van der Waals surface area (Å²) >= 11 is 0. The van der Waals surface area contributed by atoms with Crippen molar-refractivity contribution in [2.75, 3.05) is 19.6 Å². The maximum atomic E-state index is 12.0. The topological polar surface area (TPSA) is 67.2 Å². The van der Waals surface area contributed by atoms with Crippen molar-refractivity contribution in [3.63, 3.8) is 0 Å². The van der Waals surface area contributed by atoms with Gasteiger partial charge in [0.15, 0.2) is 0 Å². The Morgan fingerprint density at radius 1 is 1.38 bits per heavy atom. The van der Waals surface area contributed by atoms with Crippen LogP contribution >= 0.6 is 0 Å². The molecule has 0 spiro atoms. The maximum absolute atomic E-state index is 12.0. The summed E-state index contributed by atoms with van der Waals surface area (Å²) in [5.74, 6) is 0. The molecule has 0 amide bonds. The normalized spacial score (nSPS) is 20.8. The summed E-state index contributed by atoms with van der Waals surface area (Å²) in [4.78, 5) is 2.74. The van der Waals surface area contributed by atoms with Gasteiger partial charge in [-0.2, -0.15) is 5.10 Å². The van der Waals surface area contributed by atoms with Gasteiger partial charge in [0.2, 0.25) is 10.0 Å². The van der Waals surface area contributed by atoms with Gasteiger partial charge in [0.05, 0.1) is 6.20 Å². The number of piperidine rings is 1. The van der Waals surface area contributed by atoms with Gasteiger partial charge < -0.3 is 4.90 Å². The summed E-state index contributed by atoms with van der Waals surface area (Å²) in [5.41, 5.74) is 0. The van der Waals surface area contributed by atoms with E-state index in [2.05, 4.69) is 21.6 Å². The third-order valence-corrected chi connectivity index (χ3v) is 5.51. The molecular weight excluding hydrogens is 288 g/mol. The fraction of sp³-hybridized carbons (Fsp3) is 0.786. The molecule has 0 saturated carbocycles. The van der Waals surface area contributed by atoms with Crippen molar-refractivity contribution < 1.29 is 8.42 Å². The highest BCUT2D eigenvalue weighted by molar-refractivity contribution is 7.89. The number of hydrogen-bond donors (Lipinski definition) is 1. The van der Waals surface area contributed by atoms with Gasteiger partial charge in [-0.3, -0.25) is 4.68 Å². The predicted molar refractivity (Wildman–Crippen MR) is 82.5 cm³/mol. The molecule has 1 aliphatic rings. The van der Waals surface area contributed by atoms with E-state index in [9.17, 15) is 8.42 Å². The van der Waals surface area contributed by atoms with Crippen molar-refractivity contribution >= 4 is 10.0 Å². The molecule has 7 heteroatoms. The van der Waals surface area contributed by atoms with Crippen LogP contribution in [0.2, 0.25) is 0 Å². The summed E-state index contributed by atoms with van der Waals surface area (Å²) < 4.78 is 28.1. The van der Waals surface area contributed by atoms with Gasteiger partial charge in [0.25, 0.3) is 0 Å². The first-order valence-electron chi connectivity index (χ1n) is 7.71. The molecule has 1 aliphatic heterocycles. The van der Waals surface area contributed by atoms with E-state index < -0.39 is 10.0 Å².